The highest BCUT2D eigenvalue weighted by molar-refractivity contribution is 5.80. The largest absolute Gasteiger partial charge is 0.495 e. The minimum absolute atomic E-state index is 0.131. The molecule has 5 nitrogen and oxygen atoms in total. The van der Waals surface area contributed by atoms with Crippen LogP contribution in [0.4, 0.5) is 0 Å². The van der Waals surface area contributed by atoms with Crippen molar-refractivity contribution in [1.29, 1.82) is 0 Å². The SMILES string of the molecule is COc1cnc2ccc(Cn3nc(-c4ccccc4)ccc3=O)cc2c1. The molecule has 2 heterocycles. The second kappa shape index (κ2) is 6.80. The third kappa shape index (κ3) is 3.19. The molecule has 0 saturated carbocycles. The van der Waals surface area contributed by atoms with Gasteiger partial charge in [-0.25, -0.2) is 4.68 Å². The summed E-state index contributed by atoms with van der Waals surface area (Å²) in [6.45, 7) is 0.395. The fourth-order valence-electron chi connectivity index (χ4n) is 2.87. The van der Waals surface area contributed by atoms with Gasteiger partial charge in [-0.3, -0.25) is 9.78 Å². The lowest BCUT2D eigenvalue weighted by atomic mass is 10.1. The van der Waals surface area contributed by atoms with E-state index in [0.717, 1.165) is 27.7 Å². The number of ether oxygens (including phenoxy) is 1. The summed E-state index contributed by atoms with van der Waals surface area (Å²) in [5.41, 5.74) is 3.48. The van der Waals surface area contributed by atoms with Crippen LogP contribution in [0.25, 0.3) is 22.2 Å². The van der Waals surface area contributed by atoms with Crippen molar-refractivity contribution >= 4 is 10.9 Å². The second-order valence-electron chi connectivity index (χ2n) is 5.98. The van der Waals surface area contributed by atoms with Crippen molar-refractivity contribution in [2.75, 3.05) is 7.11 Å². The minimum atomic E-state index is -0.131. The molecule has 26 heavy (non-hydrogen) atoms. The third-order valence-corrected chi connectivity index (χ3v) is 4.22. The number of pyridine rings is 1. The monoisotopic (exact) mass is 343 g/mol. The van der Waals surface area contributed by atoms with E-state index in [1.165, 1.54) is 4.68 Å². The summed E-state index contributed by atoms with van der Waals surface area (Å²) in [5.74, 6) is 0.705. The first-order chi connectivity index (χ1) is 12.7. The van der Waals surface area contributed by atoms with E-state index in [4.69, 9.17) is 4.74 Å². The van der Waals surface area contributed by atoms with Crippen LogP contribution in [0.3, 0.4) is 0 Å². The molecule has 0 fully saturated rings. The summed E-state index contributed by atoms with van der Waals surface area (Å²) in [6, 6.07) is 21.0. The first kappa shape index (κ1) is 16.0. The van der Waals surface area contributed by atoms with Crippen LogP contribution in [0.2, 0.25) is 0 Å². The highest BCUT2D eigenvalue weighted by atomic mass is 16.5. The van der Waals surface area contributed by atoms with Crippen LogP contribution in [0.15, 0.2) is 77.7 Å². The number of methoxy groups -OCH3 is 1. The van der Waals surface area contributed by atoms with Crippen molar-refractivity contribution in [2.24, 2.45) is 0 Å². The Morgan fingerprint density at radius 2 is 1.85 bits per heavy atom. The van der Waals surface area contributed by atoms with E-state index >= 15 is 0 Å². The zero-order valence-corrected chi connectivity index (χ0v) is 14.3. The van der Waals surface area contributed by atoms with Gasteiger partial charge in [0.2, 0.25) is 0 Å². The zero-order chi connectivity index (χ0) is 17.9. The van der Waals surface area contributed by atoms with Crippen LogP contribution in [0.1, 0.15) is 5.56 Å². The van der Waals surface area contributed by atoms with Crippen molar-refractivity contribution < 1.29 is 4.74 Å². The second-order valence-corrected chi connectivity index (χ2v) is 5.98. The standard InChI is InChI=1S/C21H17N3O2/c1-26-18-12-17-11-15(7-8-19(17)22-13-18)14-24-21(25)10-9-20(23-24)16-5-3-2-4-6-16/h2-13H,14H2,1H3. The molecular weight excluding hydrogens is 326 g/mol. The fourth-order valence-corrected chi connectivity index (χ4v) is 2.87. The van der Waals surface area contributed by atoms with Crippen LogP contribution in [-0.2, 0) is 6.54 Å². The van der Waals surface area contributed by atoms with E-state index < -0.39 is 0 Å². The molecule has 0 bridgehead atoms. The van der Waals surface area contributed by atoms with E-state index in [2.05, 4.69) is 10.1 Å². The Kier molecular flexibility index (Phi) is 4.19. The van der Waals surface area contributed by atoms with Gasteiger partial charge in [0.1, 0.15) is 5.75 Å². The van der Waals surface area contributed by atoms with Crippen LogP contribution in [0, 0.1) is 0 Å². The summed E-state index contributed by atoms with van der Waals surface area (Å²) in [6.07, 6.45) is 1.69. The summed E-state index contributed by atoms with van der Waals surface area (Å²) in [4.78, 5) is 16.6. The Hall–Kier alpha value is -3.47. The van der Waals surface area contributed by atoms with Gasteiger partial charge in [0.15, 0.2) is 0 Å². The Balaban J connectivity index is 1.70. The van der Waals surface area contributed by atoms with Gasteiger partial charge in [-0.1, -0.05) is 36.4 Å². The molecule has 0 aliphatic carbocycles. The van der Waals surface area contributed by atoms with Crippen molar-refractivity contribution in [1.82, 2.24) is 14.8 Å². The molecule has 4 aromatic rings. The summed E-state index contributed by atoms with van der Waals surface area (Å²) in [7, 11) is 1.62. The van der Waals surface area contributed by atoms with Gasteiger partial charge < -0.3 is 4.74 Å². The molecule has 2 aromatic carbocycles. The summed E-state index contributed by atoms with van der Waals surface area (Å²) < 4.78 is 6.72. The Morgan fingerprint density at radius 1 is 1.00 bits per heavy atom. The van der Waals surface area contributed by atoms with E-state index in [-0.39, 0.29) is 5.56 Å². The summed E-state index contributed by atoms with van der Waals surface area (Å²) in [5, 5.41) is 5.48. The topological polar surface area (TPSA) is 57.0 Å². The molecule has 5 heteroatoms. The van der Waals surface area contributed by atoms with Crippen LogP contribution in [0.5, 0.6) is 5.75 Å². The maximum absolute atomic E-state index is 12.2. The molecule has 2 aromatic heterocycles. The predicted molar refractivity (Wildman–Crippen MR) is 101 cm³/mol. The van der Waals surface area contributed by atoms with Gasteiger partial charge >= 0.3 is 0 Å². The van der Waals surface area contributed by atoms with Crippen LogP contribution < -0.4 is 10.3 Å². The lowest BCUT2D eigenvalue weighted by Gasteiger charge is -2.09. The van der Waals surface area contributed by atoms with Gasteiger partial charge in [-0.05, 0) is 29.8 Å². The molecule has 0 atom stereocenters. The van der Waals surface area contributed by atoms with Gasteiger partial charge in [0.05, 0.1) is 31.1 Å². The number of rotatable bonds is 4. The molecule has 0 unspecified atom stereocenters. The normalized spacial score (nSPS) is 10.8. The highest BCUT2D eigenvalue weighted by Gasteiger charge is 2.06. The van der Waals surface area contributed by atoms with E-state index in [1.807, 2.05) is 54.6 Å². The number of fused-ring (bicyclic) bond motifs is 1. The van der Waals surface area contributed by atoms with E-state index in [1.54, 1.807) is 25.4 Å². The Bertz CT molecular complexity index is 1120. The molecule has 0 aliphatic rings. The summed E-state index contributed by atoms with van der Waals surface area (Å²) >= 11 is 0. The number of nitrogens with zero attached hydrogens (tertiary/aromatic N) is 3. The minimum Gasteiger partial charge on any atom is -0.495 e. The first-order valence-corrected chi connectivity index (χ1v) is 8.29. The van der Waals surface area contributed by atoms with Gasteiger partial charge in [-0.15, -0.1) is 0 Å². The molecule has 0 radical (unpaired) electrons. The van der Waals surface area contributed by atoms with Crippen molar-refractivity contribution in [3.8, 4) is 17.0 Å². The molecule has 0 aliphatic heterocycles. The lowest BCUT2D eigenvalue weighted by Crippen LogP contribution is -2.22. The average Bonchev–Trinajstić information content (AvgIpc) is 2.69. The first-order valence-electron chi connectivity index (χ1n) is 8.29. The van der Waals surface area contributed by atoms with E-state index in [0.29, 0.717) is 12.3 Å². The molecule has 0 spiro atoms. The highest BCUT2D eigenvalue weighted by Crippen LogP contribution is 2.20. The van der Waals surface area contributed by atoms with Crippen molar-refractivity contribution in [2.45, 2.75) is 6.54 Å². The molecule has 0 saturated heterocycles. The average molecular weight is 343 g/mol. The van der Waals surface area contributed by atoms with Crippen molar-refractivity contribution in [3.63, 3.8) is 0 Å². The van der Waals surface area contributed by atoms with Gasteiger partial charge in [0, 0.05) is 17.0 Å². The molecule has 128 valence electrons. The quantitative estimate of drug-likeness (QED) is 0.569. The third-order valence-electron chi connectivity index (χ3n) is 4.22. The van der Waals surface area contributed by atoms with Crippen LogP contribution >= 0.6 is 0 Å². The van der Waals surface area contributed by atoms with E-state index in [9.17, 15) is 4.79 Å². The fraction of sp³-hybridized carbons (Fsp3) is 0.0952. The zero-order valence-electron chi connectivity index (χ0n) is 14.3. The maximum atomic E-state index is 12.2. The lowest BCUT2D eigenvalue weighted by molar-refractivity contribution is 0.414. The smallest absolute Gasteiger partial charge is 0.267 e. The van der Waals surface area contributed by atoms with Crippen molar-refractivity contribution in [3.05, 3.63) is 88.8 Å². The van der Waals surface area contributed by atoms with Gasteiger partial charge in [-0.2, -0.15) is 5.10 Å². The molecule has 4 rings (SSSR count). The Labute approximate surface area is 150 Å². The molecular formula is C21H17N3O2. The molecule has 0 N–H and O–H groups in total. The number of benzene rings is 2. The number of hydrogen-bond acceptors (Lipinski definition) is 4. The Morgan fingerprint density at radius 3 is 2.65 bits per heavy atom. The van der Waals surface area contributed by atoms with Gasteiger partial charge in [0.25, 0.3) is 5.56 Å². The number of aromatic nitrogens is 3. The predicted octanol–water partition coefficient (Wildman–Crippen LogP) is 3.52. The number of hydrogen-bond donors (Lipinski definition) is 0. The van der Waals surface area contributed by atoms with Crippen LogP contribution in [-0.4, -0.2) is 21.9 Å². The maximum Gasteiger partial charge on any atom is 0.267 e. The molecule has 0 amide bonds.